The van der Waals surface area contributed by atoms with Crippen LogP contribution in [0.1, 0.15) is 91.9 Å². The summed E-state index contributed by atoms with van der Waals surface area (Å²) in [5.41, 5.74) is 1.57. The van der Waals surface area contributed by atoms with Gasteiger partial charge in [-0.05, 0) is 111 Å². The van der Waals surface area contributed by atoms with Crippen LogP contribution in [0.5, 0.6) is 0 Å². The SMILES string of the molecule is CC1=C(CC[C@@H](C)CO[C@H]2O[C@@H](CO)[C@H](O)[C@@H](O)[C@@H]2O)O[C@@H]2C[C@@H]3[C@H]4CC[C@H]5C[C@H](O[C@H]6O[C@@H](CO)[C@@H](O)[C@@H](O)[C@@H]6O[C@H]6O[C@@H](CO)[C@H](O)[C@@H](O)[C@@H]6O)CC[C@@]5(C)[C@@H]4CC[C@@]3(C)[C@H]12. The van der Waals surface area contributed by atoms with Gasteiger partial charge in [-0.3, -0.25) is 0 Å². The molecule has 0 aromatic rings. The van der Waals surface area contributed by atoms with Crippen LogP contribution in [0.2, 0.25) is 0 Å². The summed E-state index contributed by atoms with van der Waals surface area (Å²) >= 11 is 0. The van der Waals surface area contributed by atoms with E-state index in [-0.39, 0.29) is 35.6 Å². The summed E-state index contributed by atoms with van der Waals surface area (Å²) in [6, 6.07) is 0. The monoisotopic (exact) mass is 902 g/mol. The quantitative estimate of drug-likeness (QED) is 0.101. The van der Waals surface area contributed by atoms with Crippen molar-refractivity contribution in [2.45, 2.75) is 196 Å². The normalized spacial score (nSPS) is 52.7. The van der Waals surface area contributed by atoms with Crippen molar-refractivity contribution >= 4 is 0 Å². The average molecular weight is 903 g/mol. The molecule has 0 aromatic heterocycles. The van der Waals surface area contributed by atoms with Crippen molar-refractivity contribution in [1.29, 1.82) is 0 Å². The molecule has 11 N–H and O–H groups in total. The van der Waals surface area contributed by atoms with Crippen molar-refractivity contribution in [3.63, 3.8) is 0 Å². The van der Waals surface area contributed by atoms with Gasteiger partial charge in [-0.25, -0.2) is 0 Å². The largest absolute Gasteiger partial charge is 0.494 e. The third kappa shape index (κ3) is 8.68. The van der Waals surface area contributed by atoms with E-state index in [1.54, 1.807) is 0 Å². The highest BCUT2D eigenvalue weighted by atomic mass is 16.8. The van der Waals surface area contributed by atoms with E-state index >= 15 is 0 Å². The second kappa shape index (κ2) is 19.1. The molecule has 3 saturated heterocycles. The van der Waals surface area contributed by atoms with Crippen molar-refractivity contribution in [2.24, 2.45) is 46.3 Å². The summed E-state index contributed by atoms with van der Waals surface area (Å²) in [5, 5.41) is 113. The molecule has 0 aromatic carbocycles. The molecule has 63 heavy (non-hydrogen) atoms. The number of aliphatic hydroxyl groups excluding tert-OH is 11. The Labute approximate surface area is 369 Å². The molecule has 0 bridgehead atoms. The number of fused-ring (bicyclic) bond motifs is 7. The van der Waals surface area contributed by atoms with Crippen LogP contribution in [0.4, 0.5) is 0 Å². The summed E-state index contributed by atoms with van der Waals surface area (Å²) in [4.78, 5) is 0. The van der Waals surface area contributed by atoms with Gasteiger partial charge in [0.15, 0.2) is 18.9 Å². The number of aliphatic hydroxyl groups is 11. The molecule has 8 aliphatic rings. The minimum atomic E-state index is -1.74. The highest BCUT2D eigenvalue weighted by molar-refractivity contribution is 5.26. The zero-order chi connectivity index (χ0) is 45.3. The number of ether oxygens (including phenoxy) is 7. The molecule has 7 fully saturated rings. The Hall–Kier alpha value is -1.14. The number of allylic oxidation sites excluding steroid dienone is 1. The number of hydrogen-bond acceptors (Lipinski definition) is 18. The predicted octanol–water partition coefficient (Wildman–Crippen LogP) is -0.830. The van der Waals surface area contributed by atoms with E-state index in [9.17, 15) is 56.2 Å². The van der Waals surface area contributed by atoms with Gasteiger partial charge in [0, 0.05) is 12.3 Å². The van der Waals surface area contributed by atoms with Crippen LogP contribution < -0.4 is 0 Å². The van der Waals surface area contributed by atoms with Gasteiger partial charge in [0.25, 0.3) is 0 Å². The van der Waals surface area contributed by atoms with Gasteiger partial charge in [0.05, 0.1) is 38.3 Å². The first-order valence-corrected chi connectivity index (χ1v) is 23.5. The van der Waals surface area contributed by atoms with Gasteiger partial charge in [0.1, 0.15) is 79.4 Å². The Morgan fingerprint density at radius 1 is 0.635 bits per heavy atom. The van der Waals surface area contributed by atoms with Crippen molar-refractivity contribution in [3.8, 4) is 0 Å². The standard InChI is InChI=1S/C45H74O18/c1-19(18-57-41-38(55)35(52)32(49)28(15-46)60-41)5-8-26-20(2)31-27(59-26)14-25-23-7-6-21-13-22(9-11-44(21,3)24(23)10-12-45(25,31)4)58-43-40(37(54)34(51)30(17-48)62-43)63-42-39(56)36(53)33(50)29(16-47)61-42/h19,21-25,27-43,46-56H,5-18H2,1-4H3/t19-,21+,22-,23+,24-,25-,27-,28+,29+,30+,31-,32+,33+,34-,35-,36-,37-,38+,39+,40+,41+,42-,43+,44-,45-/m1/s1. The molecular weight excluding hydrogens is 828 g/mol. The first-order chi connectivity index (χ1) is 29.9. The van der Waals surface area contributed by atoms with Crippen LogP contribution in [0.3, 0.4) is 0 Å². The Morgan fingerprint density at radius 3 is 1.87 bits per heavy atom. The summed E-state index contributed by atoms with van der Waals surface area (Å²) in [7, 11) is 0. The smallest absolute Gasteiger partial charge is 0.187 e. The first kappa shape index (κ1) is 48.3. The molecule has 18 nitrogen and oxygen atoms in total. The van der Waals surface area contributed by atoms with Gasteiger partial charge in [-0.15, -0.1) is 0 Å². The van der Waals surface area contributed by atoms with E-state index in [1.807, 2.05) is 0 Å². The van der Waals surface area contributed by atoms with Gasteiger partial charge in [-0.1, -0.05) is 20.8 Å². The molecule has 4 aliphatic carbocycles. The topological polar surface area (TPSA) is 287 Å². The average Bonchev–Trinajstić information content (AvgIpc) is 3.76. The summed E-state index contributed by atoms with van der Waals surface area (Å²) in [6.45, 7) is 7.74. The molecule has 0 spiro atoms. The van der Waals surface area contributed by atoms with Crippen LogP contribution in [0, 0.1) is 46.3 Å². The van der Waals surface area contributed by atoms with E-state index in [4.69, 9.17) is 33.2 Å². The molecule has 0 radical (unpaired) electrons. The first-order valence-electron chi connectivity index (χ1n) is 23.5. The fraction of sp³-hybridized carbons (Fsp3) is 0.956. The Balaban J connectivity index is 0.872. The Kier molecular flexibility index (Phi) is 14.6. The van der Waals surface area contributed by atoms with Crippen molar-refractivity contribution < 1.29 is 89.3 Å². The molecular formula is C45H74O18. The lowest BCUT2D eigenvalue weighted by Gasteiger charge is -2.61. The number of hydrogen-bond donors (Lipinski definition) is 11. The van der Waals surface area contributed by atoms with E-state index in [0.717, 1.165) is 70.0 Å². The number of rotatable bonds is 13. The predicted molar refractivity (Wildman–Crippen MR) is 218 cm³/mol. The van der Waals surface area contributed by atoms with Gasteiger partial charge in [0.2, 0.25) is 0 Å². The lowest BCUT2D eigenvalue weighted by molar-refractivity contribution is -0.373. The van der Waals surface area contributed by atoms with Gasteiger partial charge >= 0.3 is 0 Å². The third-order valence-corrected chi connectivity index (χ3v) is 17.4. The van der Waals surface area contributed by atoms with E-state index in [2.05, 4.69) is 27.7 Å². The van der Waals surface area contributed by atoms with E-state index in [1.165, 1.54) is 5.57 Å². The van der Waals surface area contributed by atoms with Crippen LogP contribution in [-0.4, -0.2) is 187 Å². The molecule has 0 amide bonds. The Bertz CT molecular complexity index is 1580. The minimum absolute atomic E-state index is 0.0928. The maximum atomic E-state index is 11.2. The fourth-order valence-corrected chi connectivity index (χ4v) is 13.7. The van der Waals surface area contributed by atoms with Gasteiger partial charge < -0.3 is 89.3 Å². The molecule has 0 unspecified atom stereocenters. The third-order valence-electron chi connectivity index (χ3n) is 17.4. The minimum Gasteiger partial charge on any atom is -0.494 e. The zero-order valence-corrected chi connectivity index (χ0v) is 37.0. The van der Waals surface area contributed by atoms with E-state index < -0.39 is 112 Å². The lowest BCUT2D eigenvalue weighted by Crippen LogP contribution is -2.65. The molecule has 25 atom stereocenters. The highest BCUT2D eigenvalue weighted by Crippen LogP contribution is 2.70. The molecule has 362 valence electrons. The summed E-state index contributed by atoms with van der Waals surface area (Å²) in [5.74, 6) is 3.56. The molecule has 4 saturated carbocycles. The van der Waals surface area contributed by atoms with Crippen LogP contribution >= 0.6 is 0 Å². The highest BCUT2D eigenvalue weighted by Gasteiger charge is 2.65. The molecule has 8 rings (SSSR count). The fourth-order valence-electron chi connectivity index (χ4n) is 13.7. The van der Waals surface area contributed by atoms with Crippen LogP contribution in [0.15, 0.2) is 11.3 Å². The molecule has 4 heterocycles. The van der Waals surface area contributed by atoms with Crippen molar-refractivity contribution in [1.82, 2.24) is 0 Å². The van der Waals surface area contributed by atoms with E-state index in [0.29, 0.717) is 29.6 Å². The second-order valence-electron chi connectivity index (χ2n) is 20.9. The summed E-state index contributed by atoms with van der Waals surface area (Å²) < 4.78 is 42.2. The maximum absolute atomic E-state index is 11.2. The van der Waals surface area contributed by atoms with Crippen LogP contribution in [0.25, 0.3) is 0 Å². The zero-order valence-electron chi connectivity index (χ0n) is 37.0. The molecule has 4 aliphatic heterocycles. The van der Waals surface area contributed by atoms with Crippen LogP contribution in [-0.2, 0) is 33.2 Å². The molecule has 18 heteroatoms. The second-order valence-corrected chi connectivity index (χ2v) is 20.9. The van der Waals surface area contributed by atoms with Gasteiger partial charge in [-0.2, -0.15) is 0 Å². The lowest BCUT2D eigenvalue weighted by atomic mass is 9.44. The summed E-state index contributed by atoms with van der Waals surface area (Å²) in [6.07, 6.45) is -12.1. The van der Waals surface area contributed by atoms with Crippen molar-refractivity contribution in [2.75, 3.05) is 26.4 Å². The maximum Gasteiger partial charge on any atom is 0.187 e. The van der Waals surface area contributed by atoms with Crippen molar-refractivity contribution in [3.05, 3.63) is 11.3 Å². The Morgan fingerprint density at radius 2 is 1.22 bits per heavy atom.